The normalized spacial score (nSPS) is 13.2. The number of amides is 6. The molecule has 0 radical (unpaired) electrons. The number of imide groups is 1. The Labute approximate surface area is 259 Å². The molecule has 1 aliphatic heterocycles. The van der Waals surface area contributed by atoms with E-state index in [1.807, 2.05) is 13.8 Å². The van der Waals surface area contributed by atoms with Crippen LogP contribution in [0.4, 0.5) is 10.5 Å². The standard InChI is InChI=1S/C26H33N5O9.C3H6O2/c1-15(2)12-19(30-20(32)10-11-31-22(34)8-9-23(31)35)25(37)28-16(3)24(36)27-13-21(33)29-18-6-4-17(5-7-18)14-40-26(38)39;1-2-3(4)5/h4-9,15-16,19H,10-14H2,1-3H3,(H,27,36)(H,28,37)(H,29,33)(H,30,32)(H,38,39);2H2,1H3,(H,4,5). The van der Waals surface area contributed by atoms with Crippen molar-refractivity contribution >= 4 is 53.3 Å². The number of carboxylic acids is 1. The summed E-state index contributed by atoms with van der Waals surface area (Å²) in [5, 5.41) is 26.4. The number of hydrogen-bond donors (Lipinski definition) is 6. The zero-order valence-electron chi connectivity index (χ0n) is 25.5. The average molecular weight is 634 g/mol. The van der Waals surface area contributed by atoms with Crippen molar-refractivity contribution < 1.29 is 53.3 Å². The van der Waals surface area contributed by atoms with Gasteiger partial charge in [-0.2, -0.15) is 0 Å². The van der Waals surface area contributed by atoms with E-state index < -0.39 is 59.7 Å². The molecule has 45 heavy (non-hydrogen) atoms. The smallest absolute Gasteiger partial charge is 0.481 e. The van der Waals surface area contributed by atoms with Crippen LogP contribution in [0.15, 0.2) is 36.4 Å². The Kier molecular flexibility index (Phi) is 16.0. The molecular weight excluding hydrogens is 594 g/mol. The van der Waals surface area contributed by atoms with Gasteiger partial charge in [-0.1, -0.05) is 32.9 Å². The molecule has 1 aliphatic rings. The van der Waals surface area contributed by atoms with Gasteiger partial charge in [-0.05, 0) is 37.0 Å². The van der Waals surface area contributed by atoms with Crippen LogP contribution in [0, 0.1) is 5.92 Å². The maximum Gasteiger partial charge on any atom is 0.506 e. The number of benzene rings is 1. The molecular formula is C29H39N5O11. The number of ether oxygens (including phenoxy) is 1. The molecule has 0 spiro atoms. The number of nitrogens with one attached hydrogen (secondary N) is 4. The molecule has 0 fully saturated rings. The molecule has 0 saturated heterocycles. The Morgan fingerprint density at radius 3 is 1.96 bits per heavy atom. The number of anilines is 1. The first-order valence-electron chi connectivity index (χ1n) is 14.0. The predicted molar refractivity (Wildman–Crippen MR) is 158 cm³/mol. The third kappa shape index (κ3) is 15.1. The number of aliphatic carboxylic acids is 1. The monoisotopic (exact) mass is 633 g/mol. The van der Waals surface area contributed by atoms with Gasteiger partial charge < -0.3 is 36.2 Å². The highest BCUT2D eigenvalue weighted by molar-refractivity contribution is 6.13. The van der Waals surface area contributed by atoms with Crippen molar-refractivity contribution in [3.05, 3.63) is 42.0 Å². The van der Waals surface area contributed by atoms with Crippen LogP contribution in [-0.4, -0.2) is 87.9 Å². The van der Waals surface area contributed by atoms with Crippen LogP contribution < -0.4 is 21.3 Å². The maximum absolute atomic E-state index is 12.8. The highest BCUT2D eigenvalue weighted by Gasteiger charge is 2.27. The van der Waals surface area contributed by atoms with E-state index in [0.29, 0.717) is 11.3 Å². The molecule has 16 heteroatoms. The van der Waals surface area contributed by atoms with Crippen LogP contribution in [0.25, 0.3) is 0 Å². The van der Waals surface area contributed by atoms with Gasteiger partial charge in [0.15, 0.2) is 0 Å². The summed E-state index contributed by atoms with van der Waals surface area (Å²) >= 11 is 0. The van der Waals surface area contributed by atoms with Gasteiger partial charge >= 0.3 is 12.1 Å². The topological polar surface area (TPSA) is 238 Å². The number of carbonyl (C=O) groups excluding carboxylic acids is 6. The van der Waals surface area contributed by atoms with Gasteiger partial charge in [0.1, 0.15) is 18.7 Å². The van der Waals surface area contributed by atoms with Crippen LogP contribution >= 0.6 is 0 Å². The summed E-state index contributed by atoms with van der Waals surface area (Å²) in [5.74, 6) is -4.04. The van der Waals surface area contributed by atoms with E-state index in [4.69, 9.17) is 10.2 Å². The van der Waals surface area contributed by atoms with Crippen LogP contribution in [0.5, 0.6) is 0 Å². The molecule has 1 aromatic rings. The Morgan fingerprint density at radius 2 is 1.44 bits per heavy atom. The zero-order chi connectivity index (χ0) is 34.1. The first-order valence-corrected chi connectivity index (χ1v) is 14.0. The largest absolute Gasteiger partial charge is 0.506 e. The van der Waals surface area contributed by atoms with Crippen molar-refractivity contribution in [3.63, 3.8) is 0 Å². The second-order valence-corrected chi connectivity index (χ2v) is 10.2. The summed E-state index contributed by atoms with van der Waals surface area (Å²) in [6, 6.07) is 4.26. The fourth-order valence-corrected chi connectivity index (χ4v) is 3.57. The van der Waals surface area contributed by atoms with E-state index >= 15 is 0 Å². The quantitative estimate of drug-likeness (QED) is 0.116. The average Bonchev–Trinajstić information content (AvgIpc) is 3.30. The van der Waals surface area contributed by atoms with Crippen LogP contribution in [-0.2, 0) is 44.9 Å². The highest BCUT2D eigenvalue weighted by Crippen LogP contribution is 2.11. The van der Waals surface area contributed by atoms with E-state index in [2.05, 4.69) is 26.0 Å². The number of carboxylic acid groups (broad SMARTS) is 2. The van der Waals surface area contributed by atoms with Crippen molar-refractivity contribution in [1.82, 2.24) is 20.9 Å². The second kappa shape index (κ2) is 19.1. The van der Waals surface area contributed by atoms with Crippen LogP contribution in [0.3, 0.4) is 0 Å². The molecule has 1 heterocycles. The van der Waals surface area contributed by atoms with E-state index in [-0.39, 0.29) is 44.9 Å². The van der Waals surface area contributed by atoms with E-state index in [1.54, 1.807) is 31.2 Å². The fraction of sp³-hybridized carbons (Fsp3) is 0.448. The molecule has 2 unspecified atom stereocenters. The van der Waals surface area contributed by atoms with Crippen molar-refractivity contribution in [3.8, 4) is 0 Å². The SMILES string of the molecule is CC(C)CC(NC(=O)CCN1C(=O)C=CC1=O)C(=O)NC(C)C(=O)NCC(=O)Nc1ccc(COC(=O)O)cc1.CCC(=O)O. The molecule has 6 amide bonds. The van der Waals surface area contributed by atoms with Crippen molar-refractivity contribution in [2.75, 3.05) is 18.4 Å². The van der Waals surface area contributed by atoms with Gasteiger partial charge in [-0.15, -0.1) is 0 Å². The lowest BCUT2D eigenvalue weighted by Gasteiger charge is -2.23. The van der Waals surface area contributed by atoms with Gasteiger partial charge in [-0.25, -0.2) is 4.79 Å². The minimum absolute atomic E-state index is 0.0218. The summed E-state index contributed by atoms with van der Waals surface area (Å²) in [5.41, 5.74) is 1.00. The first kappa shape index (κ1) is 37.7. The third-order valence-corrected chi connectivity index (χ3v) is 5.90. The summed E-state index contributed by atoms with van der Waals surface area (Å²) in [4.78, 5) is 93.9. The third-order valence-electron chi connectivity index (χ3n) is 5.90. The number of rotatable bonds is 15. The van der Waals surface area contributed by atoms with Crippen LogP contribution in [0.2, 0.25) is 0 Å². The van der Waals surface area contributed by atoms with Crippen molar-refractivity contribution in [2.45, 2.75) is 65.6 Å². The molecule has 0 aliphatic carbocycles. The Morgan fingerprint density at radius 1 is 0.867 bits per heavy atom. The molecule has 6 N–H and O–H groups in total. The van der Waals surface area contributed by atoms with Crippen molar-refractivity contribution in [2.24, 2.45) is 5.92 Å². The van der Waals surface area contributed by atoms with Crippen molar-refractivity contribution in [1.29, 1.82) is 0 Å². The van der Waals surface area contributed by atoms with E-state index in [9.17, 15) is 38.4 Å². The molecule has 2 atom stereocenters. The Hall–Kier alpha value is -5.28. The molecule has 16 nitrogen and oxygen atoms in total. The Balaban J connectivity index is 0.00000187. The lowest BCUT2D eigenvalue weighted by atomic mass is 10.0. The lowest BCUT2D eigenvalue weighted by Crippen LogP contribution is -2.53. The number of carbonyl (C=O) groups is 8. The number of hydrogen-bond acceptors (Lipinski definition) is 9. The Bertz CT molecular complexity index is 1260. The summed E-state index contributed by atoms with van der Waals surface area (Å²) in [6.45, 7) is 6.09. The second-order valence-electron chi connectivity index (χ2n) is 10.2. The molecule has 0 bridgehead atoms. The summed E-state index contributed by atoms with van der Waals surface area (Å²) < 4.78 is 4.46. The van der Waals surface area contributed by atoms with Gasteiger partial charge in [0.2, 0.25) is 23.6 Å². The van der Waals surface area contributed by atoms with Gasteiger partial charge in [0, 0.05) is 37.2 Å². The van der Waals surface area contributed by atoms with Gasteiger partial charge in [-0.3, -0.25) is 38.5 Å². The predicted octanol–water partition coefficient (Wildman–Crippen LogP) is 0.768. The molecule has 246 valence electrons. The summed E-state index contributed by atoms with van der Waals surface area (Å²) in [6.07, 6.45) is 1.14. The lowest BCUT2D eigenvalue weighted by molar-refractivity contribution is -0.138. The minimum atomic E-state index is -1.40. The maximum atomic E-state index is 12.8. The molecule has 1 aromatic carbocycles. The summed E-state index contributed by atoms with van der Waals surface area (Å²) in [7, 11) is 0. The van der Waals surface area contributed by atoms with E-state index in [1.165, 1.54) is 6.92 Å². The highest BCUT2D eigenvalue weighted by atomic mass is 16.7. The van der Waals surface area contributed by atoms with Gasteiger partial charge in [0.25, 0.3) is 11.8 Å². The van der Waals surface area contributed by atoms with E-state index in [0.717, 1.165) is 17.1 Å². The molecule has 2 rings (SSSR count). The minimum Gasteiger partial charge on any atom is -0.481 e. The van der Waals surface area contributed by atoms with Gasteiger partial charge in [0.05, 0.1) is 6.54 Å². The molecule has 0 saturated carbocycles. The fourth-order valence-electron chi connectivity index (χ4n) is 3.57. The number of nitrogens with zero attached hydrogens (tertiary/aromatic N) is 1. The zero-order valence-corrected chi connectivity index (χ0v) is 25.5. The first-order chi connectivity index (χ1) is 21.1. The van der Waals surface area contributed by atoms with Crippen LogP contribution in [0.1, 0.15) is 52.5 Å². The molecule has 0 aromatic heterocycles.